The van der Waals surface area contributed by atoms with E-state index in [2.05, 4.69) is 6.92 Å². The van der Waals surface area contributed by atoms with Crippen LogP contribution in [0.15, 0.2) is 18.2 Å². The zero-order valence-corrected chi connectivity index (χ0v) is 10.3. The number of phenolic OH excluding ortho intramolecular Hbond substituents is 1. The Kier molecular flexibility index (Phi) is 5.53. The maximum atomic E-state index is 10.5. The molecule has 0 unspecified atom stereocenters. The van der Waals surface area contributed by atoms with Crippen molar-refractivity contribution in [1.29, 1.82) is 0 Å². The van der Waals surface area contributed by atoms with E-state index in [0.29, 0.717) is 12.2 Å². The highest BCUT2D eigenvalue weighted by Crippen LogP contribution is 2.21. The highest BCUT2D eigenvalue weighted by atomic mass is 16.4. The number of aromatic hydroxyl groups is 1. The van der Waals surface area contributed by atoms with E-state index in [1.54, 1.807) is 12.1 Å². The second-order valence-electron chi connectivity index (χ2n) is 4.31. The predicted molar refractivity (Wildman–Crippen MR) is 67.3 cm³/mol. The molecule has 0 aliphatic rings. The Morgan fingerprint density at radius 2 is 2.00 bits per heavy atom. The Labute approximate surface area is 102 Å². The summed E-state index contributed by atoms with van der Waals surface area (Å²) in [6, 6.07) is 5.38. The molecule has 1 aromatic rings. The van der Waals surface area contributed by atoms with Crippen molar-refractivity contribution in [2.24, 2.45) is 0 Å². The van der Waals surface area contributed by atoms with Crippen molar-refractivity contribution in [2.45, 2.75) is 45.4 Å². The number of carboxylic acid groups (broad SMARTS) is 1. The maximum absolute atomic E-state index is 10.5. The number of benzene rings is 1. The van der Waals surface area contributed by atoms with Crippen LogP contribution >= 0.6 is 0 Å². The molecule has 0 aliphatic carbocycles. The highest BCUT2D eigenvalue weighted by Gasteiger charge is 2.04. The van der Waals surface area contributed by atoms with Gasteiger partial charge in [0, 0.05) is 6.42 Å². The van der Waals surface area contributed by atoms with E-state index in [0.717, 1.165) is 36.8 Å². The second-order valence-corrected chi connectivity index (χ2v) is 4.31. The molecule has 0 aromatic heterocycles. The molecule has 0 fully saturated rings. The Morgan fingerprint density at radius 1 is 1.24 bits per heavy atom. The van der Waals surface area contributed by atoms with Gasteiger partial charge in [0.1, 0.15) is 5.75 Å². The molecule has 94 valence electrons. The summed E-state index contributed by atoms with van der Waals surface area (Å²) in [6.07, 6.45) is 4.89. The summed E-state index contributed by atoms with van der Waals surface area (Å²) in [5, 5.41) is 18.3. The summed E-state index contributed by atoms with van der Waals surface area (Å²) >= 11 is 0. The molecule has 0 saturated carbocycles. The lowest BCUT2D eigenvalue weighted by molar-refractivity contribution is -0.136. The minimum absolute atomic E-state index is 0.138. The van der Waals surface area contributed by atoms with Gasteiger partial charge in [0.05, 0.1) is 0 Å². The molecule has 0 aliphatic heterocycles. The van der Waals surface area contributed by atoms with Crippen molar-refractivity contribution in [1.82, 2.24) is 0 Å². The fraction of sp³-hybridized carbons (Fsp3) is 0.500. The Bertz CT molecular complexity index is 372. The van der Waals surface area contributed by atoms with Crippen LogP contribution < -0.4 is 0 Å². The van der Waals surface area contributed by atoms with Crippen molar-refractivity contribution in [3.05, 3.63) is 29.3 Å². The van der Waals surface area contributed by atoms with Crippen molar-refractivity contribution in [3.63, 3.8) is 0 Å². The fourth-order valence-electron chi connectivity index (χ4n) is 1.81. The van der Waals surface area contributed by atoms with Crippen LogP contribution in [0.4, 0.5) is 0 Å². The topological polar surface area (TPSA) is 57.5 Å². The summed E-state index contributed by atoms with van der Waals surface area (Å²) in [6.45, 7) is 2.14. The first-order valence-corrected chi connectivity index (χ1v) is 6.16. The molecule has 1 aromatic carbocycles. The van der Waals surface area contributed by atoms with Crippen molar-refractivity contribution < 1.29 is 15.0 Å². The average molecular weight is 236 g/mol. The van der Waals surface area contributed by atoms with Crippen LogP contribution in [-0.4, -0.2) is 16.2 Å². The number of rotatable bonds is 7. The molecular weight excluding hydrogens is 216 g/mol. The minimum Gasteiger partial charge on any atom is -0.508 e. The molecular formula is C14H20O3. The molecule has 1 rings (SSSR count). The second kappa shape index (κ2) is 6.94. The number of hydrogen-bond donors (Lipinski definition) is 2. The molecule has 0 bridgehead atoms. The number of carboxylic acids is 1. The van der Waals surface area contributed by atoms with E-state index in [-0.39, 0.29) is 6.42 Å². The van der Waals surface area contributed by atoms with Crippen LogP contribution in [0.5, 0.6) is 5.75 Å². The lowest BCUT2D eigenvalue weighted by atomic mass is 10.0. The summed E-state index contributed by atoms with van der Waals surface area (Å²) < 4.78 is 0. The lowest BCUT2D eigenvalue weighted by Gasteiger charge is -2.07. The maximum Gasteiger partial charge on any atom is 0.303 e. The van der Waals surface area contributed by atoms with E-state index in [1.165, 1.54) is 0 Å². The number of aryl methyl sites for hydroxylation is 2. The molecule has 0 spiro atoms. The quantitative estimate of drug-likeness (QED) is 0.715. The lowest BCUT2D eigenvalue weighted by Crippen LogP contribution is -1.98. The number of unbranched alkanes of at least 4 members (excludes halogenated alkanes) is 2. The van der Waals surface area contributed by atoms with Crippen LogP contribution in [0, 0.1) is 0 Å². The molecule has 0 atom stereocenters. The number of hydrogen-bond acceptors (Lipinski definition) is 2. The Morgan fingerprint density at radius 3 is 2.65 bits per heavy atom. The smallest absolute Gasteiger partial charge is 0.303 e. The zero-order chi connectivity index (χ0) is 12.7. The molecule has 2 N–H and O–H groups in total. The molecule has 0 heterocycles. The summed E-state index contributed by atoms with van der Waals surface area (Å²) in [5.41, 5.74) is 1.91. The van der Waals surface area contributed by atoms with Gasteiger partial charge in [-0.15, -0.1) is 0 Å². The zero-order valence-electron chi connectivity index (χ0n) is 10.3. The average Bonchev–Trinajstić information content (AvgIpc) is 2.30. The third-order valence-corrected chi connectivity index (χ3v) is 2.82. The van der Waals surface area contributed by atoms with Gasteiger partial charge < -0.3 is 10.2 Å². The molecule has 0 radical (unpaired) electrons. The number of carbonyl (C=O) groups is 1. The predicted octanol–water partition coefficient (Wildman–Crippen LogP) is 3.14. The van der Waals surface area contributed by atoms with Gasteiger partial charge in [-0.25, -0.2) is 0 Å². The molecule has 17 heavy (non-hydrogen) atoms. The van der Waals surface area contributed by atoms with Crippen molar-refractivity contribution in [3.8, 4) is 5.75 Å². The standard InChI is InChI=1S/C14H20O3/c1-2-3-4-5-12-10-11(6-8-13(12)15)7-9-14(16)17/h6,8,10,15H,2-5,7,9H2,1H3,(H,16,17). The molecule has 0 amide bonds. The van der Waals surface area contributed by atoms with Crippen molar-refractivity contribution in [2.75, 3.05) is 0 Å². The van der Waals surface area contributed by atoms with Gasteiger partial charge in [0.15, 0.2) is 0 Å². The number of phenols is 1. The van der Waals surface area contributed by atoms with Crippen LogP contribution in [0.3, 0.4) is 0 Å². The first-order valence-electron chi connectivity index (χ1n) is 6.16. The van der Waals surface area contributed by atoms with Gasteiger partial charge in [0.25, 0.3) is 0 Å². The first kappa shape index (κ1) is 13.6. The van der Waals surface area contributed by atoms with Gasteiger partial charge in [-0.05, 0) is 36.5 Å². The van der Waals surface area contributed by atoms with E-state index in [1.807, 2.05) is 6.07 Å². The summed E-state index contributed by atoms with van der Waals surface area (Å²) in [7, 11) is 0. The van der Waals surface area contributed by atoms with E-state index < -0.39 is 5.97 Å². The highest BCUT2D eigenvalue weighted by molar-refractivity contribution is 5.67. The van der Waals surface area contributed by atoms with Gasteiger partial charge >= 0.3 is 5.97 Å². The van der Waals surface area contributed by atoms with Crippen LogP contribution in [0.2, 0.25) is 0 Å². The van der Waals surface area contributed by atoms with E-state index in [4.69, 9.17) is 5.11 Å². The Balaban J connectivity index is 2.62. The summed E-state index contributed by atoms with van der Waals surface area (Å²) in [4.78, 5) is 10.5. The molecule has 3 nitrogen and oxygen atoms in total. The normalized spacial score (nSPS) is 10.4. The van der Waals surface area contributed by atoms with Crippen LogP contribution in [0.25, 0.3) is 0 Å². The van der Waals surface area contributed by atoms with Crippen LogP contribution in [-0.2, 0) is 17.6 Å². The fourth-order valence-corrected chi connectivity index (χ4v) is 1.81. The van der Waals surface area contributed by atoms with E-state index >= 15 is 0 Å². The first-order chi connectivity index (χ1) is 8.13. The largest absolute Gasteiger partial charge is 0.508 e. The number of aliphatic carboxylic acids is 1. The van der Waals surface area contributed by atoms with Gasteiger partial charge in [-0.1, -0.05) is 31.9 Å². The van der Waals surface area contributed by atoms with Gasteiger partial charge in [-0.2, -0.15) is 0 Å². The van der Waals surface area contributed by atoms with E-state index in [9.17, 15) is 9.90 Å². The monoisotopic (exact) mass is 236 g/mol. The molecule has 3 heteroatoms. The van der Waals surface area contributed by atoms with Crippen LogP contribution in [0.1, 0.15) is 43.7 Å². The van der Waals surface area contributed by atoms with Gasteiger partial charge in [0.2, 0.25) is 0 Å². The van der Waals surface area contributed by atoms with Crippen molar-refractivity contribution >= 4 is 5.97 Å². The van der Waals surface area contributed by atoms with Gasteiger partial charge in [-0.3, -0.25) is 4.79 Å². The third kappa shape index (κ3) is 4.89. The summed E-state index contributed by atoms with van der Waals surface area (Å²) in [5.74, 6) is -0.467. The Hall–Kier alpha value is -1.51. The third-order valence-electron chi connectivity index (χ3n) is 2.82. The SMILES string of the molecule is CCCCCc1cc(CCC(=O)O)ccc1O. The molecule has 0 saturated heterocycles. The minimum atomic E-state index is -0.786.